The van der Waals surface area contributed by atoms with Crippen LogP contribution in [0.25, 0.3) is 0 Å². The van der Waals surface area contributed by atoms with Gasteiger partial charge in [0.1, 0.15) is 16.5 Å². The van der Waals surface area contributed by atoms with Gasteiger partial charge in [0.2, 0.25) is 0 Å². The monoisotopic (exact) mass is 396 g/mol. The minimum atomic E-state index is -0.873. The second kappa shape index (κ2) is 8.83. The molecule has 0 atom stereocenters. The van der Waals surface area contributed by atoms with Crippen molar-refractivity contribution in [3.05, 3.63) is 77.2 Å². The Morgan fingerprint density at radius 1 is 0.857 bits per heavy atom. The van der Waals surface area contributed by atoms with E-state index in [1.165, 1.54) is 17.4 Å². The topological polar surface area (TPSA) is 93.7 Å². The van der Waals surface area contributed by atoms with Crippen molar-refractivity contribution in [1.82, 2.24) is 5.32 Å². The number of thiophene rings is 1. The fraction of sp³-hybridized carbons (Fsp3) is 0.0500. The number of carbonyl (C=O) groups is 3. The molecule has 0 bridgehead atoms. The molecule has 0 fully saturated rings. The van der Waals surface area contributed by atoms with Crippen LogP contribution in [0.2, 0.25) is 0 Å². The van der Waals surface area contributed by atoms with E-state index in [1.807, 2.05) is 30.3 Å². The van der Waals surface area contributed by atoms with Crippen molar-refractivity contribution in [2.75, 3.05) is 12.4 Å². The highest BCUT2D eigenvalue weighted by Crippen LogP contribution is 2.25. The number of methoxy groups -OCH3 is 1. The third-order valence-corrected chi connectivity index (χ3v) is 4.46. The third-order valence-electron chi connectivity index (χ3n) is 3.63. The number of rotatable bonds is 5. The number of benzene rings is 2. The SMILES string of the molecule is COC(=O)NC(=O)c1ccsc1NC(=O)c1ccc(Oc2ccccc2)cc1. The van der Waals surface area contributed by atoms with E-state index in [1.54, 1.807) is 29.6 Å². The van der Waals surface area contributed by atoms with Gasteiger partial charge in [-0.25, -0.2) is 4.79 Å². The van der Waals surface area contributed by atoms with E-state index in [0.717, 1.165) is 7.11 Å². The van der Waals surface area contributed by atoms with Crippen molar-refractivity contribution in [1.29, 1.82) is 0 Å². The first-order chi connectivity index (χ1) is 13.6. The number of para-hydroxylation sites is 1. The Labute approximate surface area is 164 Å². The molecule has 0 radical (unpaired) electrons. The molecule has 0 saturated heterocycles. The normalized spacial score (nSPS) is 10.0. The first-order valence-electron chi connectivity index (χ1n) is 8.18. The van der Waals surface area contributed by atoms with Crippen LogP contribution in [0.1, 0.15) is 20.7 Å². The highest BCUT2D eigenvalue weighted by molar-refractivity contribution is 7.14. The second-order valence-corrected chi connectivity index (χ2v) is 6.42. The van der Waals surface area contributed by atoms with E-state index in [4.69, 9.17) is 4.74 Å². The summed E-state index contributed by atoms with van der Waals surface area (Å²) in [6.07, 6.45) is -0.873. The van der Waals surface area contributed by atoms with Crippen LogP contribution in [0.3, 0.4) is 0 Å². The van der Waals surface area contributed by atoms with Gasteiger partial charge in [-0.2, -0.15) is 0 Å². The molecule has 8 heteroatoms. The van der Waals surface area contributed by atoms with Gasteiger partial charge in [-0.15, -0.1) is 11.3 Å². The van der Waals surface area contributed by atoms with Gasteiger partial charge in [-0.1, -0.05) is 18.2 Å². The fourth-order valence-electron chi connectivity index (χ4n) is 2.27. The summed E-state index contributed by atoms with van der Waals surface area (Å²) in [6, 6.07) is 17.4. The maximum Gasteiger partial charge on any atom is 0.413 e. The molecule has 1 aromatic heterocycles. The molecule has 3 aromatic rings. The summed E-state index contributed by atoms with van der Waals surface area (Å²) in [7, 11) is 1.16. The molecule has 0 aliphatic rings. The van der Waals surface area contributed by atoms with Gasteiger partial charge in [0, 0.05) is 5.56 Å². The molecule has 2 aromatic carbocycles. The van der Waals surface area contributed by atoms with Gasteiger partial charge in [-0.3, -0.25) is 14.9 Å². The minimum Gasteiger partial charge on any atom is -0.457 e. The predicted octanol–water partition coefficient (Wildman–Crippen LogP) is 4.29. The number of ether oxygens (including phenoxy) is 2. The molecule has 142 valence electrons. The Bertz CT molecular complexity index is 983. The van der Waals surface area contributed by atoms with E-state index in [-0.39, 0.29) is 11.5 Å². The zero-order valence-electron chi connectivity index (χ0n) is 14.8. The van der Waals surface area contributed by atoms with Crippen molar-refractivity contribution < 1.29 is 23.9 Å². The maximum absolute atomic E-state index is 12.5. The molecule has 0 unspecified atom stereocenters. The van der Waals surface area contributed by atoms with Crippen molar-refractivity contribution in [2.45, 2.75) is 0 Å². The summed E-state index contributed by atoms with van der Waals surface area (Å²) in [5.41, 5.74) is 0.570. The Morgan fingerprint density at radius 2 is 1.54 bits per heavy atom. The lowest BCUT2D eigenvalue weighted by molar-refractivity contribution is 0.0938. The highest BCUT2D eigenvalue weighted by Gasteiger charge is 2.18. The summed E-state index contributed by atoms with van der Waals surface area (Å²) < 4.78 is 10.1. The molecule has 0 aliphatic heterocycles. The first-order valence-corrected chi connectivity index (χ1v) is 9.06. The average Bonchev–Trinajstić information content (AvgIpc) is 3.17. The first kappa shape index (κ1) is 19.1. The van der Waals surface area contributed by atoms with E-state index >= 15 is 0 Å². The fourth-order valence-corrected chi connectivity index (χ4v) is 3.05. The van der Waals surface area contributed by atoms with Gasteiger partial charge >= 0.3 is 6.09 Å². The largest absolute Gasteiger partial charge is 0.457 e. The molecule has 0 aliphatic carbocycles. The smallest absolute Gasteiger partial charge is 0.413 e. The van der Waals surface area contributed by atoms with Gasteiger partial charge in [0.05, 0.1) is 12.7 Å². The second-order valence-electron chi connectivity index (χ2n) is 5.50. The van der Waals surface area contributed by atoms with Crippen molar-refractivity contribution in [2.24, 2.45) is 0 Å². The van der Waals surface area contributed by atoms with Crippen LogP contribution in [0.4, 0.5) is 9.80 Å². The van der Waals surface area contributed by atoms with Crippen molar-refractivity contribution in [3.63, 3.8) is 0 Å². The third kappa shape index (κ3) is 4.74. The lowest BCUT2D eigenvalue weighted by atomic mass is 10.2. The summed E-state index contributed by atoms with van der Waals surface area (Å²) in [6.45, 7) is 0. The van der Waals surface area contributed by atoms with Crippen LogP contribution >= 0.6 is 11.3 Å². The number of hydrogen-bond acceptors (Lipinski definition) is 6. The van der Waals surface area contributed by atoms with Gasteiger partial charge in [0.15, 0.2) is 0 Å². The molecule has 3 rings (SSSR count). The summed E-state index contributed by atoms with van der Waals surface area (Å²) in [5, 5.41) is 6.70. The molecular weight excluding hydrogens is 380 g/mol. The molecule has 7 nitrogen and oxygen atoms in total. The number of hydrogen-bond donors (Lipinski definition) is 2. The number of amides is 3. The average molecular weight is 396 g/mol. The maximum atomic E-state index is 12.5. The van der Waals surface area contributed by atoms with Gasteiger partial charge in [0.25, 0.3) is 11.8 Å². The number of nitrogens with one attached hydrogen (secondary N) is 2. The number of alkyl carbamates (subject to hydrolysis) is 1. The molecular formula is C20H16N2O5S. The number of anilines is 1. The standard InChI is InChI=1S/C20H16N2O5S/c1-26-20(25)22-18(24)16-11-12-28-19(16)21-17(23)13-7-9-15(10-8-13)27-14-5-3-2-4-6-14/h2-12H,1H3,(H,21,23)(H,22,24,25). The Balaban J connectivity index is 1.66. The molecule has 0 spiro atoms. The number of imide groups is 1. The molecule has 1 heterocycles. The molecule has 0 saturated carbocycles. The highest BCUT2D eigenvalue weighted by atomic mass is 32.1. The Morgan fingerprint density at radius 3 is 2.21 bits per heavy atom. The minimum absolute atomic E-state index is 0.174. The quantitative estimate of drug-likeness (QED) is 0.671. The number of carbonyl (C=O) groups excluding carboxylic acids is 3. The van der Waals surface area contributed by atoms with E-state index < -0.39 is 12.0 Å². The lowest BCUT2D eigenvalue weighted by Gasteiger charge is -2.08. The summed E-state index contributed by atoms with van der Waals surface area (Å²) in [4.78, 5) is 35.7. The van der Waals surface area contributed by atoms with Gasteiger partial charge in [-0.05, 0) is 47.8 Å². The Hall–Kier alpha value is -3.65. The zero-order valence-corrected chi connectivity index (χ0v) is 15.6. The van der Waals surface area contributed by atoms with E-state index in [0.29, 0.717) is 22.1 Å². The summed E-state index contributed by atoms with van der Waals surface area (Å²) in [5.74, 6) is 0.243. The van der Waals surface area contributed by atoms with Crippen LogP contribution in [-0.2, 0) is 4.74 Å². The lowest BCUT2D eigenvalue weighted by Crippen LogP contribution is -2.30. The van der Waals surface area contributed by atoms with E-state index in [2.05, 4.69) is 15.4 Å². The predicted molar refractivity (Wildman–Crippen MR) is 105 cm³/mol. The van der Waals surface area contributed by atoms with Gasteiger partial charge < -0.3 is 14.8 Å². The Kier molecular flexibility index (Phi) is 6.03. The van der Waals surface area contributed by atoms with E-state index in [9.17, 15) is 14.4 Å². The van der Waals surface area contributed by atoms with Crippen molar-refractivity contribution >= 4 is 34.2 Å². The summed E-state index contributed by atoms with van der Waals surface area (Å²) >= 11 is 1.17. The van der Waals surface area contributed by atoms with Crippen molar-refractivity contribution in [3.8, 4) is 11.5 Å². The van der Waals surface area contributed by atoms with Crippen LogP contribution in [0.5, 0.6) is 11.5 Å². The molecule has 2 N–H and O–H groups in total. The van der Waals surface area contributed by atoms with Crippen LogP contribution in [0, 0.1) is 0 Å². The molecule has 28 heavy (non-hydrogen) atoms. The zero-order chi connectivity index (χ0) is 19.9. The van der Waals surface area contributed by atoms with Crippen LogP contribution < -0.4 is 15.4 Å². The van der Waals surface area contributed by atoms with Crippen LogP contribution in [-0.4, -0.2) is 25.0 Å². The molecule has 3 amide bonds. The van der Waals surface area contributed by atoms with Crippen LogP contribution in [0.15, 0.2) is 66.0 Å².